The van der Waals surface area contributed by atoms with E-state index in [4.69, 9.17) is 0 Å². The van der Waals surface area contributed by atoms with Crippen LogP contribution in [0.4, 0.5) is 0 Å². The summed E-state index contributed by atoms with van der Waals surface area (Å²) in [5, 5.41) is 0. The molecule has 44 heavy (non-hydrogen) atoms. The van der Waals surface area contributed by atoms with Crippen molar-refractivity contribution in [2.75, 3.05) is 0 Å². The van der Waals surface area contributed by atoms with Gasteiger partial charge in [0.2, 0.25) is 0 Å². The minimum Gasteiger partial charge on any atom is -0.282 e. The Morgan fingerprint density at radius 2 is 0.682 bits per heavy atom. The zero-order valence-electron chi connectivity index (χ0n) is 27.3. The lowest BCUT2D eigenvalue weighted by Gasteiger charge is -2.20. The molecule has 0 radical (unpaired) electrons. The first-order chi connectivity index (χ1) is 21.1. The first-order valence-corrected chi connectivity index (χ1v) is 20.1. The van der Waals surface area contributed by atoms with Crippen LogP contribution in [0.1, 0.15) is 165 Å². The molecule has 0 saturated carbocycles. The van der Waals surface area contributed by atoms with Gasteiger partial charge in [0.05, 0.1) is 9.79 Å². The summed E-state index contributed by atoms with van der Waals surface area (Å²) in [5.41, 5.74) is 2.26. The predicted octanol–water partition coefficient (Wildman–Crippen LogP) is 10.9. The van der Waals surface area contributed by atoms with Crippen molar-refractivity contribution in [3.05, 3.63) is 59.7 Å². The van der Waals surface area contributed by atoms with Crippen LogP contribution in [0.5, 0.6) is 0 Å². The second-order valence-corrected chi connectivity index (χ2v) is 15.4. The number of rotatable bonds is 25. The molecule has 8 heteroatoms. The Labute approximate surface area is 269 Å². The van der Waals surface area contributed by atoms with Crippen molar-refractivity contribution in [2.24, 2.45) is 0 Å². The molecule has 250 valence electrons. The molecule has 2 rings (SSSR count). The van der Waals surface area contributed by atoms with E-state index in [1.165, 1.54) is 101 Å². The molecule has 0 spiro atoms. The molecule has 0 amide bonds. The van der Waals surface area contributed by atoms with Crippen molar-refractivity contribution in [2.45, 2.75) is 164 Å². The molecule has 0 aliphatic carbocycles. The van der Waals surface area contributed by atoms with Crippen LogP contribution in [0.25, 0.3) is 0 Å². The van der Waals surface area contributed by atoms with Gasteiger partial charge >= 0.3 is 0 Å². The normalized spacial score (nSPS) is 13.6. The number of unbranched alkanes of at least 4 members (excludes halogenated alkanes) is 13. The molecule has 0 aliphatic rings. The molecule has 0 fully saturated rings. The van der Waals surface area contributed by atoms with Gasteiger partial charge in [0.1, 0.15) is 0 Å². The largest absolute Gasteiger partial charge is 0.294 e. The number of hydrogen-bond acceptors (Lipinski definition) is 4. The molecule has 6 nitrogen and oxygen atoms in total. The van der Waals surface area contributed by atoms with Gasteiger partial charge in [-0.2, -0.15) is 16.8 Å². The zero-order chi connectivity index (χ0) is 32.3. The molecule has 0 aliphatic heterocycles. The second-order valence-electron chi connectivity index (χ2n) is 12.6. The summed E-state index contributed by atoms with van der Waals surface area (Å²) in [6.07, 6.45) is 23.8. The van der Waals surface area contributed by atoms with Gasteiger partial charge in [-0.25, -0.2) is 0 Å². The minimum atomic E-state index is -4.21. The topological polar surface area (TPSA) is 109 Å². The van der Waals surface area contributed by atoms with Gasteiger partial charge in [0, 0.05) is 0 Å². The molecule has 0 heterocycles. The van der Waals surface area contributed by atoms with E-state index in [1.807, 2.05) is 24.3 Å². The van der Waals surface area contributed by atoms with E-state index in [1.54, 1.807) is 0 Å². The van der Waals surface area contributed by atoms with Gasteiger partial charge in [-0.3, -0.25) is 9.11 Å². The second kappa shape index (κ2) is 21.1. The maximum atomic E-state index is 11.6. The molecule has 2 aromatic carbocycles. The maximum Gasteiger partial charge on any atom is 0.294 e. The molecule has 2 N–H and O–H groups in total. The van der Waals surface area contributed by atoms with E-state index in [-0.39, 0.29) is 9.79 Å². The van der Waals surface area contributed by atoms with Crippen LogP contribution in [-0.2, 0) is 20.2 Å². The standard InChI is InChI=1S/C36H58O6S2/c1-3-5-7-9-11-13-15-19-31(33-23-27-35(28-24-33)43(37,38)39)21-17-18-22-32(20-16-14-12-10-8-6-4-2)34-25-29-36(30-26-34)44(40,41)42/h23-32H,3-22H2,1-2H3,(H,37,38,39)(H,40,41,42). The first-order valence-electron chi connectivity index (χ1n) is 17.2. The monoisotopic (exact) mass is 650 g/mol. The average molecular weight is 651 g/mol. The Morgan fingerprint density at radius 1 is 0.432 bits per heavy atom. The van der Waals surface area contributed by atoms with Gasteiger partial charge in [-0.15, -0.1) is 0 Å². The van der Waals surface area contributed by atoms with Crippen LogP contribution in [0.15, 0.2) is 58.3 Å². The van der Waals surface area contributed by atoms with Crippen molar-refractivity contribution in [1.82, 2.24) is 0 Å². The summed E-state index contributed by atoms with van der Waals surface area (Å²) in [6.45, 7) is 4.46. The summed E-state index contributed by atoms with van der Waals surface area (Å²) in [4.78, 5) is -0.131. The quantitative estimate of drug-likeness (QED) is 0.0817. The van der Waals surface area contributed by atoms with Crippen LogP contribution in [0.3, 0.4) is 0 Å². The molecular formula is C36H58O6S2. The van der Waals surface area contributed by atoms with Gasteiger partial charge < -0.3 is 0 Å². The van der Waals surface area contributed by atoms with Gasteiger partial charge in [-0.1, -0.05) is 141 Å². The molecular weight excluding hydrogens is 593 g/mol. The Kier molecular flexibility index (Phi) is 18.5. The van der Waals surface area contributed by atoms with Gasteiger partial charge in [-0.05, 0) is 72.9 Å². The van der Waals surface area contributed by atoms with Gasteiger partial charge in [0.25, 0.3) is 20.2 Å². The third-order valence-electron chi connectivity index (χ3n) is 8.97. The lowest BCUT2D eigenvalue weighted by atomic mass is 9.85. The summed E-state index contributed by atoms with van der Waals surface area (Å²) >= 11 is 0. The maximum absolute atomic E-state index is 11.6. The van der Waals surface area contributed by atoms with E-state index in [0.717, 1.165) is 62.5 Å². The van der Waals surface area contributed by atoms with E-state index in [2.05, 4.69) is 13.8 Å². The van der Waals surface area contributed by atoms with E-state index >= 15 is 0 Å². The highest BCUT2D eigenvalue weighted by atomic mass is 32.2. The first kappa shape index (κ1) is 38.4. The molecule has 2 unspecified atom stereocenters. The van der Waals surface area contributed by atoms with E-state index < -0.39 is 20.2 Å². The smallest absolute Gasteiger partial charge is 0.282 e. The summed E-state index contributed by atoms with van der Waals surface area (Å²) in [5.74, 6) is 0.688. The number of hydrogen-bond donors (Lipinski definition) is 2. The Bertz CT molecular complexity index is 1140. The van der Waals surface area contributed by atoms with Crippen molar-refractivity contribution < 1.29 is 25.9 Å². The van der Waals surface area contributed by atoms with Crippen molar-refractivity contribution in [1.29, 1.82) is 0 Å². The molecule has 0 aromatic heterocycles. The van der Waals surface area contributed by atoms with Crippen LogP contribution < -0.4 is 0 Å². The molecule has 0 bridgehead atoms. The van der Waals surface area contributed by atoms with E-state index in [9.17, 15) is 25.9 Å². The fraction of sp³-hybridized carbons (Fsp3) is 0.667. The molecule has 2 atom stereocenters. The number of benzene rings is 2. The summed E-state index contributed by atoms with van der Waals surface area (Å²) < 4.78 is 65.1. The average Bonchev–Trinajstić information content (AvgIpc) is 2.99. The Hall–Kier alpha value is -1.74. The van der Waals surface area contributed by atoms with Crippen LogP contribution in [0, 0.1) is 0 Å². The van der Waals surface area contributed by atoms with Crippen LogP contribution in [-0.4, -0.2) is 25.9 Å². The highest BCUT2D eigenvalue weighted by molar-refractivity contribution is 7.86. The van der Waals surface area contributed by atoms with Crippen molar-refractivity contribution >= 4 is 20.2 Å². The highest BCUT2D eigenvalue weighted by Crippen LogP contribution is 2.33. The summed E-state index contributed by atoms with van der Waals surface area (Å²) in [6, 6.07) is 13.5. The van der Waals surface area contributed by atoms with Crippen molar-refractivity contribution in [3.63, 3.8) is 0 Å². The Balaban J connectivity index is 2.00. The third-order valence-corrected chi connectivity index (χ3v) is 10.7. The lowest BCUT2D eigenvalue weighted by Crippen LogP contribution is -2.04. The highest BCUT2D eigenvalue weighted by Gasteiger charge is 2.17. The van der Waals surface area contributed by atoms with Crippen molar-refractivity contribution in [3.8, 4) is 0 Å². The third kappa shape index (κ3) is 15.5. The summed E-state index contributed by atoms with van der Waals surface area (Å²) in [7, 11) is -8.42. The molecule has 0 saturated heterocycles. The van der Waals surface area contributed by atoms with Crippen LogP contribution in [0.2, 0.25) is 0 Å². The fourth-order valence-electron chi connectivity index (χ4n) is 6.26. The molecule has 2 aromatic rings. The van der Waals surface area contributed by atoms with E-state index in [0.29, 0.717) is 11.8 Å². The van der Waals surface area contributed by atoms with Crippen LogP contribution >= 0.6 is 0 Å². The van der Waals surface area contributed by atoms with Gasteiger partial charge in [0.15, 0.2) is 0 Å². The SMILES string of the molecule is CCCCCCCCCC(CCCCC(CCCCCCCCC)c1ccc(S(=O)(=O)O)cc1)c1ccc(S(=O)(=O)O)cc1. The lowest BCUT2D eigenvalue weighted by molar-refractivity contribution is 0.460. The zero-order valence-corrected chi connectivity index (χ0v) is 28.9. The predicted molar refractivity (Wildman–Crippen MR) is 182 cm³/mol. The minimum absolute atomic E-state index is 0.0656. The fourth-order valence-corrected chi connectivity index (χ4v) is 7.22. The Morgan fingerprint density at radius 3 is 0.955 bits per heavy atom.